The highest BCUT2D eigenvalue weighted by Gasteiger charge is 2.19. The van der Waals surface area contributed by atoms with Gasteiger partial charge in [-0.1, -0.05) is 18.9 Å². The third-order valence-corrected chi connectivity index (χ3v) is 6.22. The lowest BCUT2D eigenvalue weighted by atomic mass is 10.2. The number of sulfonamides is 1. The second-order valence-corrected chi connectivity index (χ2v) is 8.16. The first-order valence-electron chi connectivity index (χ1n) is 8.10. The lowest BCUT2D eigenvalue weighted by Crippen LogP contribution is -2.30. The zero-order valence-electron chi connectivity index (χ0n) is 13.1. The van der Waals surface area contributed by atoms with Gasteiger partial charge in [0.05, 0.1) is 11.7 Å². The van der Waals surface area contributed by atoms with Crippen molar-refractivity contribution in [3.63, 3.8) is 0 Å². The van der Waals surface area contributed by atoms with Crippen LogP contribution in [-0.2, 0) is 10.0 Å². The SMILES string of the molecule is O=S(=O)(NCCCN1CCCCCC1)c1cccc2nsnc12. The van der Waals surface area contributed by atoms with E-state index in [0.717, 1.165) is 37.8 Å². The Labute approximate surface area is 141 Å². The summed E-state index contributed by atoms with van der Waals surface area (Å²) in [5.74, 6) is 0. The summed E-state index contributed by atoms with van der Waals surface area (Å²) in [5, 5.41) is 0. The molecular weight excluding hydrogens is 332 g/mol. The van der Waals surface area contributed by atoms with Crippen molar-refractivity contribution in [1.29, 1.82) is 0 Å². The molecule has 0 unspecified atom stereocenters. The predicted molar refractivity (Wildman–Crippen MR) is 92.1 cm³/mol. The van der Waals surface area contributed by atoms with E-state index in [4.69, 9.17) is 0 Å². The zero-order chi connectivity index (χ0) is 16.1. The Morgan fingerprint density at radius 1 is 1.13 bits per heavy atom. The van der Waals surface area contributed by atoms with Crippen molar-refractivity contribution in [3.05, 3.63) is 18.2 Å². The molecule has 0 bridgehead atoms. The van der Waals surface area contributed by atoms with E-state index in [1.165, 1.54) is 25.7 Å². The number of hydrogen-bond donors (Lipinski definition) is 1. The molecule has 1 aromatic heterocycles. The van der Waals surface area contributed by atoms with E-state index in [-0.39, 0.29) is 4.90 Å². The second-order valence-electron chi connectivity index (χ2n) is 5.90. The van der Waals surface area contributed by atoms with E-state index in [1.54, 1.807) is 18.2 Å². The Morgan fingerprint density at radius 2 is 1.91 bits per heavy atom. The molecule has 1 aliphatic heterocycles. The average Bonchev–Trinajstić information content (AvgIpc) is 2.87. The number of rotatable bonds is 6. The van der Waals surface area contributed by atoms with E-state index in [0.29, 0.717) is 17.6 Å². The topological polar surface area (TPSA) is 75.2 Å². The lowest BCUT2D eigenvalue weighted by Gasteiger charge is -2.19. The second kappa shape index (κ2) is 7.65. The molecule has 1 N–H and O–H groups in total. The van der Waals surface area contributed by atoms with Crippen LogP contribution in [0.3, 0.4) is 0 Å². The fourth-order valence-electron chi connectivity index (χ4n) is 2.94. The zero-order valence-corrected chi connectivity index (χ0v) is 14.7. The number of benzene rings is 1. The largest absolute Gasteiger partial charge is 0.303 e. The molecule has 0 atom stereocenters. The summed E-state index contributed by atoms with van der Waals surface area (Å²) < 4.78 is 35.8. The van der Waals surface area contributed by atoms with E-state index in [9.17, 15) is 8.42 Å². The Morgan fingerprint density at radius 3 is 2.70 bits per heavy atom. The molecular formula is C15H22N4O2S2. The first kappa shape index (κ1) is 16.8. The maximum atomic E-state index is 12.5. The van der Waals surface area contributed by atoms with Crippen molar-refractivity contribution in [2.45, 2.75) is 37.0 Å². The number of nitrogens with one attached hydrogen (secondary N) is 1. The van der Waals surface area contributed by atoms with Gasteiger partial charge in [-0.2, -0.15) is 8.75 Å². The minimum atomic E-state index is -3.53. The molecule has 8 heteroatoms. The van der Waals surface area contributed by atoms with Crippen LogP contribution in [-0.4, -0.2) is 48.2 Å². The minimum absolute atomic E-state index is 0.221. The van der Waals surface area contributed by atoms with Gasteiger partial charge in [-0.15, -0.1) is 0 Å². The van der Waals surface area contributed by atoms with Gasteiger partial charge in [0.15, 0.2) is 0 Å². The monoisotopic (exact) mass is 354 g/mol. The fourth-order valence-corrected chi connectivity index (χ4v) is 4.78. The van der Waals surface area contributed by atoms with Gasteiger partial charge >= 0.3 is 0 Å². The van der Waals surface area contributed by atoms with Crippen LogP contribution in [0.15, 0.2) is 23.1 Å². The van der Waals surface area contributed by atoms with Gasteiger partial charge in [0.1, 0.15) is 15.9 Å². The quantitative estimate of drug-likeness (QED) is 0.805. The maximum Gasteiger partial charge on any atom is 0.242 e. The van der Waals surface area contributed by atoms with E-state index < -0.39 is 10.0 Å². The van der Waals surface area contributed by atoms with Gasteiger partial charge < -0.3 is 4.90 Å². The molecule has 1 fully saturated rings. The first-order valence-corrected chi connectivity index (χ1v) is 10.3. The number of hydrogen-bond acceptors (Lipinski definition) is 6. The number of likely N-dealkylation sites (tertiary alicyclic amines) is 1. The molecule has 2 aromatic rings. The normalized spacial score (nSPS) is 17.4. The molecule has 1 aromatic carbocycles. The number of fused-ring (bicyclic) bond motifs is 1. The standard InChI is InChI=1S/C15H22N4O2S2/c20-23(21,14-8-5-7-13-15(14)18-22-17-13)16-9-6-12-19-10-3-1-2-4-11-19/h5,7-8,16H,1-4,6,9-12H2. The van der Waals surface area contributed by atoms with Gasteiger partial charge in [-0.05, 0) is 51.0 Å². The summed E-state index contributed by atoms with van der Waals surface area (Å²) >= 11 is 1.03. The third kappa shape index (κ3) is 4.26. The van der Waals surface area contributed by atoms with Crippen LogP contribution in [0.4, 0.5) is 0 Å². The third-order valence-electron chi connectivity index (χ3n) is 4.18. The summed E-state index contributed by atoms with van der Waals surface area (Å²) in [7, 11) is -3.53. The predicted octanol–water partition coefficient (Wildman–Crippen LogP) is 2.24. The molecule has 0 radical (unpaired) electrons. The van der Waals surface area contributed by atoms with E-state index in [2.05, 4.69) is 18.4 Å². The van der Waals surface area contributed by atoms with E-state index in [1.807, 2.05) is 0 Å². The summed E-state index contributed by atoms with van der Waals surface area (Å²) in [4.78, 5) is 2.66. The van der Waals surface area contributed by atoms with Crippen molar-refractivity contribution >= 4 is 32.8 Å². The number of nitrogens with zero attached hydrogens (tertiary/aromatic N) is 3. The highest BCUT2D eigenvalue weighted by atomic mass is 32.2. The Hall–Kier alpha value is -1.09. The average molecular weight is 355 g/mol. The molecule has 0 amide bonds. The van der Waals surface area contributed by atoms with Crippen LogP contribution >= 0.6 is 11.7 Å². The van der Waals surface area contributed by atoms with Gasteiger partial charge in [0, 0.05) is 6.54 Å². The van der Waals surface area contributed by atoms with E-state index >= 15 is 0 Å². The molecule has 3 rings (SSSR count). The molecule has 6 nitrogen and oxygen atoms in total. The van der Waals surface area contributed by atoms with Gasteiger partial charge in [-0.3, -0.25) is 0 Å². The van der Waals surface area contributed by atoms with Crippen LogP contribution in [0.1, 0.15) is 32.1 Å². The van der Waals surface area contributed by atoms with Crippen molar-refractivity contribution < 1.29 is 8.42 Å². The van der Waals surface area contributed by atoms with Crippen molar-refractivity contribution in [2.24, 2.45) is 0 Å². The summed E-state index contributed by atoms with van der Waals surface area (Å²) in [6.45, 7) is 3.67. The maximum absolute atomic E-state index is 12.5. The number of aromatic nitrogens is 2. The summed E-state index contributed by atoms with van der Waals surface area (Å²) in [6.07, 6.45) is 5.96. The molecule has 0 aliphatic carbocycles. The van der Waals surface area contributed by atoms with Crippen LogP contribution in [0.5, 0.6) is 0 Å². The summed E-state index contributed by atoms with van der Waals surface area (Å²) in [5.41, 5.74) is 1.08. The van der Waals surface area contributed by atoms with Crippen LogP contribution in [0, 0.1) is 0 Å². The van der Waals surface area contributed by atoms with Crippen molar-refractivity contribution in [3.8, 4) is 0 Å². The Bertz CT molecular complexity index is 737. The van der Waals surface area contributed by atoms with Gasteiger partial charge in [-0.25, -0.2) is 13.1 Å². The van der Waals surface area contributed by atoms with Crippen LogP contribution in [0.2, 0.25) is 0 Å². The Balaban J connectivity index is 1.55. The smallest absolute Gasteiger partial charge is 0.242 e. The highest BCUT2D eigenvalue weighted by Crippen LogP contribution is 2.20. The molecule has 126 valence electrons. The van der Waals surface area contributed by atoms with Crippen molar-refractivity contribution in [2.75, 3.05) is 26.2 Å². The minimum Gasteiger partial charge on any atom is -0.303 e. The molecule has 0 saturated carbocycles. The van der Waals surface area contributed by atoms with Gasteiger partial charge in [0.2, 0.25) is 10.0 Å². The highest BCUT2D eigenvalue weighted by molar-refractivity contribution is 7.89. The van der Waals surface area contributed by atoms with Crippen molar-refractivity contribution in [1.82, 2.24) is 18.4 Å². The molecule has 1 saturated heterocycles. The molecule has 2 heterocycles. The summed E-state index contributed by atoms with van der Waals surface area (Å²) in [6, 6.07) is 5.06. The van der Waals surface area contributed by atoms with Crippen LogP contribution in [0.25, 0.3) is 11.0 Å². The Kier molecular flexibility index (Phi) is 5.58. The van der Waals surface area contributed by atoms with Gasteiger partial charge in [0.25, 0.3) is 0 Å². The molecule has 1 aliphatic rings. The molecule has 23 heavy (non-hydrogen) atoms. The fraction of sp³-hybridized carbons (Fsp3) is 0.600. The first-order chi connectivity index (χ1) is 11.2. The molecule has 0 spiro atoms. The lowest BCUT2D eigenvalue weighted by molar-refractivity contribution is 0.282. The van der Waals surface area contributed by atoms with Crippen LogP contribution < -0.4 is 4.72 Å².